The molecule has 0 aromatic heterocycles. The average Bonchev–Trinajstić information content (AvgIpc) is 3.23. The van der Waals surface area contributed by atoms with E-state index >= 15 is 0 Å². The van der Waals surface area contributed by atoms with Crippen LogP contribution >= 0.6 is 0 Å². The third-order valence-electron chi connectivity index (χ3n) is 8.33. The van der Waals surface area contributed by atoms with Crippen molar-refractivity contribution in [3.63, 3.8) is 0 Å². The molecule has 0 bridgehead atoms. The van der Waals surface area contributed by atoms with Gasteiger partial charge in [-0.25, -0.2) is 0 Å². The van der Waals surface area contributed by atoms with Crippen molar-refractivity contribution in [3.05, 3.63) is 158 Å². The maximum absolute atomic E-state index is 12.7. The van der Waals surface area contributed by atoms with Gasteiger partial charge in [0, 0.05) is 19.3 Å². The van der Waals surface area contributed by atoms with Crippen LogP contribution in [0.3, 0.4) is 0 Å². The predicted molar refractivity (Wildman–Crippen MR) is 251 cm³/mol. The lowest BCUT2D eigenvalue weighted by Crippen LogP contribution is -2.30. The Balaban J connectivity index is 4.65. The fourth-order valence-corrected chi connectivity index (χ4v) is 5.07. The van der Waals surface area contributed by atoms with Gasteiger partial charge in [0.15, 0.2) is 6.10 Å². The first-order chi connectivity index (χ1) is 29.0. The Hall–Kier alpha value is -4.97. The van der Waals surface area contributed by atoms with Gasteiger partial charge < -0.3 is 14.2 Å². The SMILES string of the molecule is CC/C=C/C=C/C=C/C=C/C=C/CCCCCC(=O)OCC(COC(=O)CCCCC/C=C/C=C/C=C/C=C/CC)OC(=O)CCCCC/C=C/C=C/C=C/C=C/CC. The molecule has 0 aliphatic rings. The molecule has 59 heavy (non-hydrogen) atoms. The first-order valence-corrected chi connectivity index (χ1v) is 22.2. The number of ether oxygens (including phenoxy) is 3. The number of carbonyl (C=O) groups is 3. The van der Waals surface area contributed by atoms with Crippen LogP contribution in [0.25, 0.3) is 0 Å². The van der Waals surface area contributed by atoms with E-state index in [1.165, 1.54) is 0 Å². The maximum atomic E-state index is 12.7. The van der Waals surface area contributed by atoms with Crippen molar-refractivity contribution in [2.45, 2.75) is 142 Å². The van der Waals surface area contributed by atoms with E-state index in [0.717, 1.165) is 77.0 Å². The molecular weight excluding hydrogens is 733 g/mol. The van der Waals surface area contributed by atoms with Gasteiger partial charge in [-0.3, -0.25) is 14.4 Å². The van der Waals surface area contributed by atoms with Crippen LogP contribution in [0.15, 0.2) is 158 Å². The van der Waals surface area contributed by atoms with Crippen LogP contribution in [0.4, 0.5) is 0 Å². The summed E-state index contributed by atoms with van der Waals surface area (Å²) in [4.78, 5) is 37.8. The second kappa shape index (κ2) is 45.7. The van der Waals surface area contributed by atoms with E-state index in [9.17, 15) is 14.4 Å². The molecule has 6 heteroatoms. The molecule has 1 atom stereocenters. The number of allylic oxidation sites excluding steroid dienone is 26. The Morgan fingerprint density at radius 2 is 0.610 bits per heavy atom. The van der Waals surface area contributed by atoms with Gasteiger partial charge in [-0.05, 0) is 77.0 Å². The second-order valence-electron chi connectivity index (χ2n) is 13.8. The lowest BCUT2D eigenvalue weighted by atomic mass is 10.1. The van der Waals surface area contributed by atoms with E-state index in [0.29, 0.717) is 19.3 Å². The van der Waals surface area contributed by atoms with Crippen molar-refractivity contribution in [3.8, 4) is 0 Å². The van der Waals surface area contributed by atoms with Gasteiger partial charge in [-0.2, -0.15) is 0 Å². The molecule has 0 saturated heterocycles. The van der Waals surface area contributed by atoms with Crippen molar-refractivity contribution in [1.29, 1.82) is 0 Å². The minimum atomic E-state index is -0.839. The fourth-order valence-electron chi connectivity index (χ4n) is 5.07. The smallest absolute Gasteiger partial charge is 0.306 e. The topological polar surface area (TPSA) is 78.9 Å². The normalized spacial score (nSPS) is 13.6. The summed E-state index contributed by atoms with van der Waals surface area (Å²) in [7, 11) is 0. The molecule has 0 aromatic carbocycles. The first-order valence-electron chi connectivity index (χ1n) is 22.2. The lowest BCUT2D eigenvalue weighted by molar-refractivity contribution is -0.167. The highest BCUT2D eigenvalue weighted by Gasteiger charge is 2.19. The van der Waals surface area contributed by atoms with Gasteiger partial charge >= 0.3 is 17.9 Å². The molecule has 0 amide bonds. The summed E-state index contributed by atoms with van der Waals surface area (Å²) in [6, 6.07) is 0. The molecule has 0 heterocycles. The Morgan fingerprint density at radius 1 is 0.339 bits per heavy atom. The van der Waals surface area contributed by atoms with E-state index < -0.39 is 6.10 Å². The van der Waals surface area contributed by atoms with Crippen LogP contribution in [0.2, 0.25) is 0 Å². The zero-order valence-electron chi connectivity index (χ0n) is 36.7. The molecule has 0 rings (SSSR count). The maximum Gasteiger partial charge on any atom is 0.306 e. The molecule has 0 aliphatic heterocycles. The molecule has 0 N–H and O–H groups in total. The van der Waals surface area contributed by atoms with Crippen LogP contribution in [-0.4, -0.2) is 37.2 Å². The number of hydrogen-bond acceptors (Lipinski definition) is 6. The quantitative estimate of drug-likeness (QED) is 0.0271. The van der Waals surface area contributed by atoms with Crippen molar-refractivity contribution in [1.82, 2.24) is 0 Å². The van der Waals surface area contributed by atoms with E-state index in [1.807, 2.05) is 122 Å². The second-order valence-corrected chi connectivity index (χ2v) is 13.8. The zero-order valence-corrected chi connectivity index (χ0v) is 36.7. The largest absolute Gasteiger partial charge is 0.462 e. The van der Waals surface area contributed by atoms with E-state index in [1.54, 1.807) is 0 Å². The van der Waals surface area contributed by atoms with E-state index in [-0.39, 0.29) is 50.4 Å². The standard InChI is InChI=1S/C53H76O6/c1-4-7-10-13-16-19-22-25-26-29-31-34-37-40-43-46-52(55)58-49-50(59-53(56)47-44-41-38-35-32-28-24-21-18-15-12-9-6-3)48-57-51(54)45-42-39-36-33-30-27-23-20-17-14-11-8-5-2/h7-32,50H,4-6,33-49H2,1-3H3/b10-7+,11-8+,12-9+,16-13+,17-14+,18-15+,22-19+,23-20+,24-21+,26-25+,30-27+,31-29+,32-28+. The molecule has 0 spiro atoms. The molecule has 1 unspecified atom stereocenters. The number of unbranched alkanes of at least 4 members (excludes halogenated alkanes) is 9. The van der Waals surface area contributed by atoms with E-state index in [4.69, 9.17) is 14.2 Å². The minimum absolute atomic E-state index is 0.137. The summed E-state index contributed by atoms with van der Waals surface area (Å²) in [5.41, 5.74) is 0. The monoisotopic (exact) mass is 809 g/mol. The van der Waals surface area contributed by atoms with Gasteiger partial charge in [0.1, 0.15) is 13.2 Å². The molecular formula is C53H76O6. The Morgan fingerprint density at radius 3 is 0.915 bits per heavy atom. The number of hydrogen-bond donors (Lipinski definition) is 0. The Labute approximate surface area is 359 Å². The van der Waals surface area contributed by atoms with Crippen molar-refractivity contribution in [2.75, 3.05) is 13.2 Å². The third-order valence-corrected chi connectivity index (χ3v) is 8.33. The summed E-state index contributed by atoms with van der Waals surface area (Å²) in [5.74, 6) is -1.08. The molecule has 6 nitrogen and oxygen atoms in total. The van der Waals surface area contributed by atoms with Gasteiger partial charge in [0.25, 0.3) is 0 Å². The summed E-state index contributed by atoms with van der Waals surface area (Å²) in [6.07, 6.45) is 66.5. The number of carbonyl (C=O) groups excluding carboxylic acids is 3. The predicted octanol–water partition coefficient (Wildman–Crippen LogP) is 14.3. The van der Waals surface area contributed by atoms with Gasteiger partial charge in [0.05, 0.1) is 0 Å². The number of rotatable bonds is 36. The molecule has 0 radical (unpaired) electrons. The fraction of sp³-hybridized carbons (Fsp3) is 0.453. The highest BCUT2D eigenvalue weighted by molar-refractivity contribution is 5.71. The van der Waals surface area contributed by atoms with Crippen LogP contribution in [0.1, 0.15) is 136 Å². The highest BCUT2D eigenvalue weighted by Crippen LogP contribution is 2.10. The molecule has 0 saturated carbocycles. The highest BCUT2D eigenvalue weighted by atomic mass is 16.6. The van der Waals surface area contributed by atoms with Crippen molar-refractivity contribution in [2.24, 2.45) is 0 Å². The molecule has 0 aromatic rings. The summed E-state index contributed by atoms with van der Waals surface area (Å²) < 4.78 is 16.6. The van der Waals surface area contributed by atoms with Crippen LogP contribution < -0.4 is 0 Å². The van der Waals surface area contributed by atoms with E-state index in [2.05, 4.69) is 57.2 Å². The Bertz CT molecular complexity index is 1440. The van der Waals surface area contributed by atoms with Crippen LogP contribution in [-0.2, 0) is 28.6 Å². The lowest BCUT2D eigenvalue weighted by Gasteiger charge is -2.18. The van der Waals surface area contributed by atoms with Gasteiger partial charge in [0.2, 0.25) is 0 Å². The first kappa shape index (κ1) is 54.0. The summed E-state index contributed by atoms with van der Waals surface area (Å²) in [5, 5.41) is 0. The van der Waals surface area contributed by atoms with Gasteiger partial charge in [-0.15, -0.1) is 0 Å². The van der Waals surface area contributed by atoms with Crippen molar-refractivity contribution >= 4 is 17.9 Å². The minimum Gasteiger partial charge on any atom is -0.462 e. The zero-order chi connectivity index (χ0) is 43.0. The number of esters is 3. The van der Waals surface area contributed by atoms with Crippen molar-refractivity contribution < 1.29 is 28.6 Å². The molecule has 324 valence electrons. The Kier molecular flexibility index (Phi) is 41.9. The van der Waals surface area contributed by atoms with Crippen LogP contribution in [0, 0.1) is 0 Å². The molecule has 0 fully saturated rings. The molecule has 0 aliphatic carbocycles. The average molecular weight is 809 g/mol. The summed E-state index contributed by atoms with van der Waals surface area (Å²) in [6.45, 7) is 6.05. The van der Waals surface area contributed by atoms with Crippen LogP contribution in [0.5, 0.6) is 0 Å². The third kappa shape index (κ3) is 44.0. The van der Waals surface area contributed by atoms with Gasteiger partial charge in [-0.1, -0.05) is 198 Å². The summed E-state index contributed by atoms with van der Waals surface area (Å²) >= 11 is 0.